The summed E-state index contributed by atoms with van der Waals surface area (Å²) in [5.41, 5.74) is 3.02. The molecule has 0 aliphatic carbocycles. The fourth-order valence-corrected chi connectivity index (χ4v) is 2.70. The van der Waals surface area contributed by atoms with Gasteiger partial charge in [0.15, 0.2) is 0 Å². The van der Waals surface area contributed by atoms with Crippen LogP contribution in [0.4, 0.5) is 0 Å². The SMILES string of the molecule is CNC(=O)CNC(=O)Cn1c(-c2ccccc2)cc2ccccc21. The zero-order valence-electron chi connectivity index (χ0n) is 13.5. The zero-order valence-corrected chi connectivity index (χ0v) is 13.5. The first kappa shape index (κ1) is 15.8. The Labute approximate surface area is 140 Å². The highest BCUT2D eigenvalue weighted by atomic mass is 16.2. The summed E-state index contributed by atoms with van der Waals surface area (Å²) in [5.74, 6) is -0.416. The summed E-state index contributed by atoms with van der Waals surface area (Å²) in [6.45, 7) is 0.143. The molecule has 3 rings (SSSR count). The lowest BCUT2D eigenvalue weighted by Crippen LogP contribution is -2.36. The summed E-state index contributed by atoms with van der Waals surface area (Å²) in [6, 6.07) is 20.0. The van der Waals surface area contributed by atoms with Crippen LogP contribution in [0.3, 0.4) is 0 Å². The summed E-state index contributed by atoms with van der Waals surface area (Å²) in [7, 11) is 1.54. The second-order valence-corrected chi connectivity index (χ2v) is 5.49. The van der Waals surface area contributed by atoms with Crippen LogP contribution in [0, 0.1) is 0 Å². The molecule has 0 aliphatic rings. The molecule has 0 unspecified atom stereocenters. The highest BCUT2D eigenvalue weighted by Gasteiger charge is 2.13. The fraction of sp³-hybridized carbons (Fsp3) is 0.158. The van der Waals surface area contributed by atoms with E-state index < -0.39 is 0 Å². The molecule has 0 bridgehead atoms. The number of carbonyl (C=O) groups is 2. The lowest BCUT2D eigenvalue weighted by atomic mass is 10.1. The lowest BCUT2D eigenvalue weighted by molar-refractivity contribution is -0.126. The standard InChI is InChI=1S/C19H19N3O2/c1-20-18(23)12-21-19(24)13-22-16-10-6-5-9-15(16)11-17(22)14-7-3-2-4-8-14/h2-11H,12-13H2,1H3,(H,20,23)(H,21,24). The molecule has 0 atom stereocenters. The number of fused-ring (bicyclic) bond motifs is 1. The van der Waals surface area contributed by atoms with Gasteiger partial charge in [-0.2, -0.15) is 0 Å². The van der Waals surface area contributed by atoms with E-state index in [0.29, 0.717) is 0 Å². The highest BCUT2D eigenvalue weighted by Crippen LogP contribution is 2.28. The van der Waals surface area contributed by atoms with E-state index in [-0.39, 0.29) is 24.9 Å². The minimum atomic E-state index is -0.219. The number of hydrogen-bond acceptors (Lipinski definition) is 2. The molecule has 2 N–H and O–H groups in total. The average molecular weight is 321 g/mol. The van der Waals surface area contributed by atoms with Gasteiger partial charge in [-0.25, -0.2) is 0 Å². The second kappa shape index (κ2) is 7.00. The summed E-state index contributed by atoms with van der Waals surface area (Å²) in [5, 5.41) is 6.21. The van der Waals surface area contributed by atoms with E-state index in [4.69, 9.17) is 0 Å². The van der Waals surface area contributed by atoms with E-state index >= 15 is 0 Å². The van der Waals surface area contributed by atoms with Crippen molar-refractivity contribution in [3.8, 4) is 11.3 Å². The van der Waals surface area contributed by atoms with Gasteiger partial charge in [0.05, 0.1) is 6.54 Å². The molecule has 2 aromatic carbocycles. The maximum Gasteiger partial charge on any atom is 0.240 e. The minimum Gasteiger partial charge on any atom is -0.358 e. The van der Waals surface area contributed by atoms with E-state index in [0.717, 1.165) is 22.2 Å². The second-order valence-electron chi connectivity index (χ2n) is 5.49. The molecule has 122 valence electrons. The molecule has 0 saturated carbocycles. The Kier molecular flexibility index (Phi) is 4.61. The first-order valence-corrected chi connectivity index (χ1v) is 7.80. The third-order valence-electron chi connectivity index (χ3n) is 3.91. The van der Waals surface area contributed by atoms with E-state index in [1.54, 1.807) is 7.05 Å². The Bertz CT molecular complexity index is 869. The number of hydrogen-bond donors (Lipinski definition) is 2. The molecule has 0 spiro atoms. The lowest BCUT2D eigenvalue weighted by Gasteiger charge is -2.11. The topological polar surface area (TPSA) is 63.1 Å². The van der Waals surface area contributed by atoms with Gasteiger partial charge < -0.3 is 15.2 Å². The van der Waals surface area contributed by atoms with Gasteiger partial charge in [-0.3, -0.25) is 9.59 Å². The Morgan fingerprint density at radius 2 is 1.67 bits per heavy atom. The van der Waals surface area contributed by atoms with Crippen molar-refractivity contribution in [3.63, 3.8) is 0 Å². The molecule has 5 nitrogen and oxygen atoms in total. The predicted octanol–water partition coefficient (Wildman–Crippen LogP) is 2.17. The minimum absolute atomic E-state index is 0.0186. The van der Waals surface area contributed by atoms with Crippen LogP contribution in [-0.4, -0.2) is 30.0 Å². The smallest absolute Gasteiger partial charge is 0.240 e. The predicted molar refractivity (Wildman–Crippen MR) is 94.5 cm³/mol. The molecular formula is C19H19N3O2. The van der Waals surface area contributed by atoms with Crippen molar-refractivity contribution < 1.29 is 9.59 Å². The number of benzene rings is 2. The van der Waals surface area contributed by atoms with Crippen LogP contribution in [0.15, 0.2) is 60.7 Å². The van der Waals surface area contributed by atoms with Crippen LogP contribution >= 0.6 is 0 Å². The first-order valence-electron chi connectivity index (χ1n) is 7.80. The van der Waals surface area contributed by atoms with Crippen LogP contribution < -0.4 is 10.6 Å². The van der Waals surface area contributed by atoms with Gasteiger partial charge in [0.1, 0.15) is 6.54 Å². The molecule has 0 aliphatic heterocycles. The molecule has 3 aromatic rings. The Morgan fingerprint density at radius 1 is 0.958 bits per heavy atom. The summed E-state index contributed by atoms with van der Waals surface area (Å²) in [4.78, 5) is 23.5. The number of carbonyl (C=O) groups excluding carboxylic acids is 2. The molecule has 0 saturated heterocycles. The van der Waals surface area contributed by atoms with Crippen molar-refractivity contribution in [2.75, 3.05) is 13.6 Å². The van der Waals surface area contributed by atoms with Gasteiger partial charge in [0.2, 0.25) is 11.8 Å². The number of amides is 2. The van der Waals surface area contributed by atoms with E-state index in [2.05, 4.69) is 16.7 Å². The van der Waals surface area contributed by atoms with Crippen molar-refractivity contribution in [3.05, 3.63) is 60.7 Å². The molecule has 0 fully saturated rings. The van der Waals surface area contributed by atoms with Gasteiger partial charge in [-0.1, -0.05) is 48.5 Å². The van der Waals surface area contributed by atoms with Crippen LogP contribution in [0.1, 0.15) is 0 Å². The van der Waals surface area contributed by atoms with Crippen molar-refractivity contribution >= 4 is 22.7 Å². The average Bonchev–Trinajstić information content (AvgIpc) is 2.99. The van der Waals surface area contributed by atoms with Gasteiger partial charge in [-0.15, -0.1) is 0 Å². The molecular weight excluding hydrogens is 302 g/mol. The van der Waals surface area contributed by atoms with Crippen LogP contribution in [-0.2, 0) is 16.1 Å². The Balaban J connectivity index is 1.93. The number of aromatic nitrogens is 1. The first-order chi connectivity index (χ1) is 11.7. The maximum atomic E-state index is 12.2. The van der Waals surface area contributed by atoms with Crippen molar-refractivity contribution in [2.45, 2.75) is 6.54 Å². The monoisotopic (exact) mass is 321 g/mol. The number of nitrogens with zero attached hydrogens (tertiary/aromatic N) is 1. The zero-order chi connectivity index (χ0) is 16.9. The molecule has 0 radical (unpaired) electrons. The Morgan fingerprint density at radius 3 is 2.42 bits per heavy atom. The van der Waals surface area contributed by atoms with E-state index in [9.17, 15) is 9.59 Å². The van der Waals surface area contributed by atoms with Gasteiger partial charge in [0.25, 0.3) is 0 Å². The van der Waals surface area contributed by atoms with Crippen LogP contribution in [0.5, 0.6) is 0 Å². The molecule has 5 heteroatoms. The summed E-state index contributed by atoms with van der Waals surface area (Å²) < 4.78 is 1.98. The summed E-state index contributed by atoms with van der Waals surface area (Å²) >= 11 is 0. The third-order valence-corrected chi connectivity index (χ3v) is 3.91. The molecule has 1 heterocycles. The molecule has 2 amide bonds. The Hall–Kier alpha value is -3.08. The van der Waals surface area contributed by atoms with E-state index in [1.165, 1.54) is 0 Å². The van der Waals surface area contributed by atoms with E-state index in [1.807, 2.05) is 59.2 Å². The van der Waals surface area contributed by atoms with Crippen LogP contribution in [0.25, 0.3) is 22.2 Å². The molecule has 24 heavy (non-hydrogen) atoms. The number of nitrogens with one attached hydrogen (secondary N) is 2. The fourth-order valence-electron chi connectivity index (χ4n) is 2.70. The van der Waals surface area contributed by atoms with Gasteiger partial charge in [0, 0.05) is 23.6 Å². The summed E-state index contributed by atoms with van der Waals surface area (Å²) in [6.07, 6.45) is 0. The normalized spacial score (nSPS) is 10.5. The largest absolute Gasteiger partial charge is 0.358 e. The van der Waals surface area contributed by atoms with Gasteiger partial charge in [-0.05, 0) is 17.7 Å². The number of rotatable bonds is 5. The highest BCUT2D eigenvalue weighted by molar-refractivity contribution is 5.90. The van der Waals surface area contributed by atoms with Crippen molar-refractivity contribution in [1.82, 2.24) is 15.2 Å². The quantitative estimate of drug-likeness (QED) is 0.756. The maximum absolute atomic E-state index is 12.2. The van der Waals surface area contributed by atoms with Crippen molar-refractivity contribution in [1.29, 1.82) is 0 Å². The third kappa shape index (κ3) is 3.30. The molecule has 1 aromatic heterocycles. The number of para-hydroxylation sites is 1. The van der Waals surface area contributed by atoms with Gasteiger partial charge >= 0.3 is 0 Å². The number of likely N-dealkylation sites (N-methyl/N-ethyl adjacent to an activating group) is 1. The van der Waals surface area contributed by atoms with Crippen molar-refractivity contribution in [2.24, 2.45) is 0 Å². The van der Waals surface area contributed by atoms with Crippen LogP contribution in [0.2, 0.25) is 0 Å².